The van der Waals surface area contributed by atoms with Gasteiger partial charge in [0.25, 0.3) is 0 Å². The molecule has 0 aromatic carbocycles. The molecule has 3 heteroatoms. The van der Waals surface area contributed by atoms with Crippen LogP contribution in [-0.2, 0) is 9.53 Å². The van der Waals surface area contributed by atoms with Crippen molar-refractivity contribution in [1.82, 2.24) is 0 Å². The molecule has 0 spiro atoms. The zero-order chi connectivity index (χ0) is 8.97. The lowest BCUT2D eigenvalue weighted by Gasteiger charge is -1.89. The van der Waals surface area contributed by atoms with Crippen LogP contribution in [0, 0.1) is 6.92 Å². The maximum Gasteiger partial charge on any atom is 0.330 e. The van der Waals surface area contributed by atoms with E-state index in [1.165, 1.54) is 13.2 Å². The highest BCUT2D eigenvalue weighted by molar-refractivity contribution is 5.87. The highest BCUT2D eigenvalue weighted by Gasteiger charge is 1.97. The number of furan rings is 1. The van der Waals surface area contributed by atoms with E-state index in [9.17, 15) is 4.79 Å². The zero-order valence-electron chi connectivity index (χ0n) is 7.03. The van der Waals surface area contributed by atoms with E-state index in [0.29, 0.717) is 0 Å². The average molecular weight is 166 g/mol. The fourth-order valence-corrected chi connectivity index (χ4v) is 0.794. The van der Waals surface area contributed by atoms with Crippen molar-refractivity contribution in [2.45, 2.75) is 6.92 Å². The summed E-state index contributed by atoms with van der Waals surface area (Å²) in [4.78, 5) is 10.7. The molecule has 1 aromatic heterocycles. The summed E-state index contributed by atoms with van der Waals surface area (Å²) >= 11 is 0. The van der Waals surface area contributed by atoms with Crippen LogP contribution in [0.25, 0.3) is 6.08 Å². The largest absolute Gasteiger partial charge is 0.469 e. The minimum absolute atomic E-state index is 0.365. The Morgan fingerprint density at radius 3 is 2.92 bits per heavy atom. The van der Waals surface area contributed by atoms with Crippen molar-refractivity contribution >= 4 is 12.0 Å². The molecule has 0 saturated carbocycles. The topological polar surface area (TPSA) is 39.4 Å². The quantitative estimate of drug-likeness (QED) is 0.496. The second kappa shape index (κ2) is 3.76. The van der Waals surface area contributed by atoms with Crippen LogP contribution in [0.1, 0.15) is 11.3 Å². The van der Waals surface area contributed by atoms with Crippen molar-refractivity contribution in [2.75, 3.05) is 7.11 Å². The van der Waals surface area contributed by atoms with Crippen LogP contribution in [0.2, 0.25) is 0 Å². The molecule has 0 fully saturated rings. The number of rotatable bonds is 2. The van der Waals surface area contributed by atoms with Gasteiger partial charge in [0.2, 0.25) is 0 Å². The second-order valence-electron chi connectivity index (χ2n) is 2.29. The van der Waals surface area contributed by atoms with Crippen molar-refractivity contribution in [1.29, 1.82) is 0 Å². The first-order valence-electron chi connectivity index (χ1n) is 3.54. The SMILES string of the molecule is COC(=O)C=Cc1ccoc1C. The molecular weight excluding hydrogens is 156 g/mol. The Bertz CT molecular complexity index is 296. The van der Waals surface area contributed by atoms with Crippen molar-refractivity contribution in [3.05, 3.63) is 29.7 Å². The van der Waals surface area contributed by atoms with Gasteiger partial charge in [-0.2, -0.15) is 0 Å². The predicted octanol–water partition coefficient (Wildman–Crippen LogP) is 1.77. The van der Waals surface area contributed by atoms with Crippen LogP contribution in [-0.4, -0.2) is 13.1 Å². The lowest BCUT2D eigenvalue weighted by molar-refractivity contribution is -0.134. The van der Waals surface area contributed by atoms with Gasteiger partial charge in [-0.3, -0.25) is 0 Å². The van der Waals surface area contributed by atoms with Crippen molar-refractivity contribution in [3.63, 3.8) is 0 Å². The van der Waals surface area contributed by atoms with Crippen molar-refractivity contribution in [2.24, 2.45) is 0 Å². The third-order valence-electron chi connectivity index (χ3n) is 1.50. The number of hydrogen-bond donors (Lipinski definition) is 0. The number of methoxy groups -OCH3 is 1. The van der Waals surface area contributed by atoms with Gasteiger partial charge in [-0.1, -0.05) is 0 Å². The highest BCUT2D eigenvalue weighted by Crippen LogP contribution is 2.10. The van der Waals surface area contributed by atoms with Crippen molar-refractivity contribution < 1.29 is 13.9 Å². The molecular formula is C9H10O3. The molecule has 0 aliphatic rings. The summed E-state index contributed by atoms with van der Waals surface area (Å²) in [5.41, 5.74) is 0.889. The van der Waals surface area contributed by atoms with E-state index in [4.69, 9.17) is 4.42 Å². The number of ether oxygens (including phenoxy) is 1. The maximum atomic E-state index is 10.7. The fourth-order valence-electron chi connectivity index (χ4n) is 0.794. The third kappa shape index (κ3) is 1.99. The minimum Gasteiger partial charge on any atom is -0.469 e. The van der Waals surface area contributed by atoms with Gasteiger partial charge in [0.05, 0.1) is 13.4 Å². The fraction of sp³-hybridized carbons (Fsp3) is 0.222. The van der Waals surface area contributed by atoms with E-state index in [2.05, 4.69) is 4.74 Å². The molecule has 0 aliphatic carbocycles. The Kier molecular flexibility index (Phi) is 2.69. The van der Waals surface area contributed by atoms with Crippen LogP contribution < -0.4 is 0 Å². The van der Waals surface area contributed by atoms with Gasteiger partial charge >= 0.3 is 5.97 Å². The molecule has 0 aliphatic heterocycles. The van der Waals surface area contributed by atoms with Gasteiger partial charge in [-0.05, 0) is 19.1 Å². The number of esters is 1. The molecule has 1 heterocycles. The van der Waals surface area contributed by atoms with Crippen LogP contribution in [0.15, 0.2) is 22.8 Å². The number of hydrogen-bond acceptors (Lipinski definition) is 3. The van der Waals surface area contributed by atoms with Crippen LogP contribution in [0.4, 0.5) is 0 Å². The Morgan fingerprint density at radius 1 is 1.67 bits per heavy atom. The molecule has 1 rings (SSSR count). The Labute approximate surface area is 70.6 Å². The maximum absolute atomic E-state index is 10.7. The van der Waals surface area contributed by atoms with Gasteiger partial charge in [0.15, 0.2) is 0 Å². The summed E-state index contributed by atoms with van der Waals surface area (Å²) in [5, 5.41) is 0. The number of carbonyl (C=O) groups is 1. The Balaban J connectivity index is 2.69. The number of carbonyl (C=O) groups excluding carboxylic acids is 1. The monoisotopic (exact) mass is 166 g/mol. The molecule has 0 unspecified atom stereocenters. The lowest BCUT2D eigenvalue weighted by atomic mass is 10.2. The average Bonchev–Trinajstić information content (AvgIpc) is 2.47. The Morgan fingerprint density at radius 2 is 2.42 bits per heavy atom. The molecule has 0 N–H and O–H groups in total. The summed E-state index contributed by atoms with van der Waals surface area (Å²) < 4.78 is 9.46. The first-order chi connectivity index (χ1) is 5.74. The van der Waals surface area contributed by atoms with E-state index < -0.39 is 0 Å². The summed E-state index contributed by atoms with van der Waals surface area (Å²) in [7, 11) is 1.34. The molecule has 0 bridgehead atoms. The van der Waals surface area contributed by atoms with Crippen LogP contribution in [0.5, 0.6) is 0 Å². The third-order valence-corrected chi connectivity index (χ3v) is 1.50. The highest BCUT2D eigenvalue weighted by atomic mass is 16.5. The first kappa shape index (κ1) is 8.59. The van der Waals surface area contributed by atoms with E-state index >= 15 is 0 Å². The van der Waals surface area contributed by atoms with Crippen molar-refractivity contribution in [3.8, 4) is 0 Å². The molecule has 1 aromatic rings. The molecule has 0 saturated heterocycles. The van der Waals surface area contributed by atoms with Crippen LogP contribution in [0.3, 0.4) is 0 Å². The smallest absolute Gasteiger partial charge is 0.330 e. The first-order valence-corrected chi connectivity index (χ1v) is 3.54. The van der Waals surface area contributed by atoms with E-state index in [1.54, 1.807) is 18.4 Å². The van der Waals surface area contributed by atoms with Gasteiger partial charge < -0.3 is 9.15 Å². The second-order valence-corrected chi connectivity index (χ2v) is 2.29. The summed E-state index contributed by atoms with van der Waals surface area (Å²) in [6.45, 7) is 1.83. The molecule has 0 atom stereocenters. The summed E-state index contributed by atoms with van der Waals surface area (Å²) in [6.07, 6.45) is 4.59. The zero-order valence-corrected chi connectivity index (χ0v) is 7.03. The van der Waals surface area contributed by atoms with Crippen LogP contribution >= 0.6 is 0 Å². The van der Waals surface area contributed by atoms with E-state index in [1.807, 2.05) is 6.92 Å². The van der Waals surface area contributed by atoms with Gasteiger partial charge in [0, 0.05) is 11.6 Å². The van der Waals surface area contributed by atoms with E-state index in [0.717, 1.165) is 11.3 Å². The normalized spacial score (nSPS) is 10.5. The summed E-state index contributed by atoms with van der Waals surface area (Å²) in [6, 6.07) is 1.79. The minimum atomic E-state index is -0.365. The predicted molar refractivity (Wildman–Crippen MR) is 44.5 cm³/mol. The summed E-state index contributed by atoms with van der Waals surface area (Å²) in [5.74, 6) is 0.422. The number of aryl methyl sites for hydroxylation is 1. The lowest BCUT2D eigenvalue weighted by Crippen LogP contribution is -1.93. The van der Waals surface area contributed by atoms with E-state index in [-0.39, 0.29) is 5.97 Å². The molecule has 3 nitrogen and oxygen atoms in total. The molecule has 64 valence electrons. The Hall–Kier alpha value is -1.51. The molecule has 12 heavy (non-hydrogen) atoms. The molecule has 0 radical (unpaired) electrons. The molecule has 0 amide bonds. The van der Waals surface area contributed by atoms with Gasteiger partial charge in [0.1, 0.15) is 5.76 Å². The van der Waals surface area contributed by atoms with Gasteiger partial charge in [-0.25, -0.2) is 4.79 Å². The standard InChI is InChI=1S/C9H10O3/c1-7-8(5-6-12-7)3-4-9(10)11-2/h3-6H,1-2H3. The van der Waals surface area contributed by atoms with Gasteiger partial charge in [-0.15, -0.1) is 0 Å².